The van der Waals surface area contributed by atoms with Crippen molar-refractivity contribution in [2.45, 2.75) is 51.4 Å². The van der Waals surface area contributed by atoms with Crippen molar-refractivity contribution >= 4 is 11.9 Å². The molecular weight excluding hydrogens is 420 g/mol. The zero-order valence-electron chi connectivity index (χ0n) is 19.0. The van der Waals surface area contributed by atoms with E-state index in [2.05, 4.69) is 20.3 Å². The minimum Gasteiger partial charge on any atom is -0.462 e. The summed E-state index contributed by atoms with van der Waals surface area (Å²) in [5.41, 5.74) is 2.57. The smallest absolute Gasteiger partial charge is 0.341 e. The summed E-state index contributed by atoms with van der Waals surface area (Å²) in [6, 6.07) is 7.33. The Kier molecular flexibility index (Phi) is 5.70. The lowest BCUT2D eigenvalue weighted by atomic mass is 9.95. The van der Waals surface area contributed by atoms with Gasteiger partial charge in [0.2, 0.25) is 0 Å². The first kappa shape index (κ1) is 21.4. The van der Waals surface area contributed by atoms with Crippen molar-refractivity contribution in [2.75, 3.05) is 19.7 Å². The minimum atomic E-state index is -0.384. The molecule has 33 heavy (non-hydrogen) atoms. The van der Waals surface area contributed by atoms with Gasteiger partial charge in [-0.1, -0.05) is 0 Å². The summed E-state index contributed by atoms with van der Waals surface area (Å²) >= 11 is 0. The molecule has 1 aliphatic carbocycles. The molecule has 172 valence electrons. The average molecular weight is 449 g/mol. The molecule has 0 unspecified atom stereocenters. The maximum Gasteiger partial charge on any atom is 0.341 e. The van der Waals surface area contributed by atoms with Gasteiger partial charge in [-0.15, -0.1) is 0 Å². The third-order valence-electron chi connectivity index (χ3n) is 6.50. The van der Waals surface area contributed by atoms with E-state index in [1.807, 2.05) is 36.1 Å². The van der Waals surface area contributed by atoms with Crippen LogP contribution in [0.25, 0.3) is 5.69 Å². The van der Waals surface area contributed by atoms with Gasteiger partial charge in [-0.2, -0.15) is 10.2 Å². The molecule has 0 radical (unpaired) electrons. The van der Waals surface area contributed by atoms with E-state index >= 15 is 0 Å². The van der Waals surface area contributed by atoms with Gasteiger partial charge in [0.25, 0.3) is 5.91 Å². The average Bonchev–Trinajstić information content (AvgIpc) is 3.44. The van der Waals surface area contributed by atoms with Crippen molar-refractivity contribution in [1.82, 2.24) is 29.9 Å². The van der Waals surface area contributed by atoms with E-state index in [1.54, 1.807) is 11.6 Å². The summed E-state index contributed by atoms with van der Waals surface area (Å²) < 4.78 is 6.75. The molecule has 2 fully saturated rings. The van der Waals surface area contributed by atoms with E-state index in [0.29, 0.717) is 48.4 Å². The fourth-order valence-corrected chi connectivity index (χ4v) is 4.36. The first-order valence-electron chi connectivity index (χ1n) is 11.6. The third-order valence-corrected chi connectivity index (χ3v) is 6.50. The Balaban J connectivity index is 1.22. The van der Waals surface area contributed by atoms with Crippen molar-refractivity contribution in [3.05, 3.63) is 58.9 Å². The number of amides is 1. The number of nitrogens with one attached hydrogen (secondary N) is 1. The highest BCUT2D eigenvalue weighted by Crippen LogP contribution is 2.38. The van der Waals surface area contributed by atoms with Crippen molar-refractivity contribution in [3.8, 4) is 5.69 Å². The molecule has 3 heterocycles. The lowest BCUT2D eigenvalue weighted by molar-refractivity contribution is 0.0525. The molecule has 0 atom stereocenters. The summed E-state index contributed by atoms with van der Waals surface area (Å²) in [7, 11) is 0. The molecule has 3 aromatic rings. The number of ether oxygens (including phenoxy) is 1. The Bertz CT molecular complexity index is 1150. The molecule has 5 rings (SSSR count). The lowest BCUT2D eigenvalue weighted by Crippen LogP contribution is -2.38. The van der Waals surface area contributed by atoms with Crippen LogP contribution >= 0.6 is 0 Å². The van der Waals surface area contributed by atoms with Crippen molar-refractivity contribution in [1.29, 1.82) is 0 Å². The number of likely N-dealkylation sites (tertiary alicyclic amines) is 1. The van der Waals surface area contributed by atoms with Crippen LogP contribution in [0, 0.1) is 6.92 Å². The Morgan fingerprint density at radius 2 is 1.82 bits per heavy atom. The number of hydrogen-bond acceptors (Lipinski definition) is 6. The van der Waals surface area contributed by atoms with Crippen LogP contribution in [0.2, 0.25) is 0 Å². The fraction of sp³-hybridized carbons (Fsp3) is 0.458. The second-order valence-electron chi connectivity index (χ2n) is 8.74. The molecular formula is C24H28N6O3. The van der Waals surface area contributed by atoms with E-state index in [1.165, 1.54) is 19.0 Å². The SMILES string of the molecule is CCOC(=O)c1cnn(-c2ccc(C(=O)N3CCC(c4nc(C5CC5)n[nH]4)CC3)cc2)c1C. The number of carbonyl (C=O) groups excluding carboxylic acids is 2. The quantitative estimate of drug-likeness (QED) is 0.580. The normalized spacial score (nSPS) is 16.7. The van der Waals surface area contributed by atoms with Gasteiger partial charge in [-0.25, -0.2) is 14.5 Å². The zero-order chi connectivity index (χ0) is 22.9. The highest BCUT2D eigenvalue weighted by molar-refractivity contribution is 5.94. The number of hydrogen-bond donors (Lipinski definition) is 1. The minimum absolute atomic E-state index is 0.0284. The second kappa shape index (κ2) is 8.80. The molecule has 1 saturated heterocycles. The maximum absolute atomic E-state index is 13.0. The first-order chi connectivity index (χ1) is 16.0. The van der Waals surface area contributed by atoms with Crippen LogP contribution < -0.4 is 0 Å². The lowest BCUT2D eigenvalue weighted by Gasteiger charge is -2.31. The summed E-state index contributed by atoms with van der Waals surface area (Å²) in [5.74, 6) is 2.43. The van der Waals surface area contributed by atoms with Gasteiger partial charge in [-0.05, 0) is 63.8 Å². The number of esters is 1. The van der Waals surface area contributed by atoms with Crippen molar-refractivity contribution in [2.24, 2.45) is 0 Å². The Morgan fingerprint density at radius 3 is 2.48 bits per heavy atom. The van der Waals surface area contributed by atoms with Crippen molar-refractivity contribution in [3.63, 3.8) is 0 Å². The van der Waals surface area contributed by atoms with Gasteiger partial charge in [-0.3, -0.25) is 9.89 Å². The van der Waals surface area contributed by atoms with Gasteiger partial charge in [0.1, 0.15) is 11.4 Å². The zero-order valence-corrected chi connectivity index (χ0v) is 19.0. The largest absolute Gasteiger partial charge is 0.462 e. The highest BCUT2D eigenvalue weighted by Gasteiger charge is 2.31. The van der Waals surface area contributed by atoms with Gasteiger partial charge in [0.05, 0.1) is 24.2 Å². The summed E-state index contributed by atoms with van der Waals surface area (Å²) in [4.78, 5) is 31.7. The van der Waals surface area contributed by atoms with Crippen molar-refractivity contribution < 1.29 is 14.3 Å². The number of aromatic amines is 1. The number of rotatable bonds is 6. The van der Waals surface area contributed by atoms with Gasteiger partial charge >= 0.3 is 5.97 Å². The van der Waals surface area contributed by atoms with Crippen LogP contribution in [0.15, 0.2) is 30.5 Å². The topological polar surface area (TPSA) is 106 Å². The second-order valence-corrected chi connectivity index (χ2v) is 8.74. The van der Waals surface area contributed by atoms with Crippen LogP contribution in [-0.2, 0) is 4.74 Å². The third kappa shape index (κ3) is 4.27. The monoisotopic (exact) mass is 448 g/mol. The molecule has 1 aliphatic heterocycles. The molecule has 1 N–H and O–H groups in total. The molecule has 0 spiro atoms. The molecule has 2 aromatic heterocycles. The van der Waals surface area contributed by atoms with Crippen LogP contribution in [-0.4, -0.2) is 61.4 Å². The molecule has 1 saturated carbocycles. The first-order valence-corrected chi connectivity index (χ1v) is 11.6. The van der Waals surface area contributed by atoms with Crippen LogP contribution in [0.4, 0.5) is 0 Å². The van der Waals surface area contributed by atoms with Crippen LogP contribution in [0.5, 0.6) is 0 Å². The van der Waals surface area contributed by atoms with E-state index in [9.17, 15) is 9.59 Å². The van der Waals surface area contributed by atoms with E-state index < -0.39 is 0 Å². The number of nitrogens with zero attached hydrogens (tertiary/aromatic N) is 5. The van der Waals surface area contributed by atoms with Gasteiger partial charge < -0.3 is 9.64 Å². The Labute approximate surface area is 192 Å². The highest BCUT2D eigenvalue weighted by atomic mass is 16.5. The fourth-order valence-electron chi connectivity index (χ4n) is 4.36. The summed E-state index contributed by atoms with van der Waals surface area (Å²) in [6.45, 7) is 5.31. The molecule has 9 heteroatoms. The van der Waals surface area contributed by atoms with Crippen LogP contribution in [0.1, 0.15) is 82.5 Å². The number of aromatic nitrogens is 5. The standard InChI is InChI=1S/C24H28N6O3/c1-3-33-24(32)20-14-25-30(15(20)2)19-8-6-18(7-9-19)23(31)29-12-10-17(11-13-29)22-26-21(27-28-22)16-4-5-16/h6-9,14,16-17H,3-5,10-13H2,1-2H3,(H,26,27,28). The van der Waals surface area contributed by atoms with Gasteiger partial charge in [0.15, 0.2) is 5.82 Å². The molecule has 2 aliphatic rings. The van der Waals surface area contributed by atoms with Gasteiger partial charge in [0, 0.05) is 30.5 Å². The Hall–Kier alpha value is -3.49. The summed E-state index contributed by atoms with van der Waals surface area (Å²) in [6.07, 6.45) is 5.66. The molecule has 1 amide bonds. The number of benzene rings is 1. The number of carbonyl (C=O) groups is 2. The molecule has 9 nitrogen and oxygen atoms in total. The molecule has 0 bridgehead atoms. The molecule has 1 aromatic carbocycles. The van der Waals surface area contributed by atoms with E-state index in [0.717, 1.165) is 30.2 Å². The van der Waals surface area contributed by atoms with Crippen LogP contribution in [0.3, 0.4) is 0 Å². The predicted molar refractivity (Wildman–Crippen MR) is 120 cm³/mol. The maximum atomic E-state index is 13.0. The number of piperidine rings is 1. The summed E-state index contributed by atoms with van der Waals surface area (Å²) in [5, 5.41) is 11.8. The Morgan fingerprint density at radius 1 is 1.09 bits per heavy atom. The number of H-pyrrole nitrogens is 1. The van der Waals surface area contributed by atoms with E-state index in [-0.39, 0.29) is 11.9 Å². The van der Waals surface area contributed by atoms with E-state index in [4.69, 9.17) is 4.74 Å². The predicted octanol–water partition coefficient (Wildman–Crippen LogP) is 3.37.